The van der Waals surface area contributed by atoms with Gasteiger partial charge in [0.15, 0.2) is 0 Å². The number of pyridine rings is 1. The van der Waals surface area contributed by atoms with Gasteiger partial charge in [-0.05, 0) is 91.9 Å². The highest BCUT2D eigenvalue weighted by Crippen LogP contribution is 2.28. The molecule has 226 valence electrons. The molecule has 0 radical (unpaired) electrons. The van der Waals surface area contributed by atoms with Crippen molar-refractivity contribution in [2.75, 3.05) is 5.32 Å². The second kappa shape index (κ2) is 14.2. The minimum absolute atomic E-state index is 0.0361. The van der Waals surface area contributed by atoms with Crippen LogP contribution in [0.2, 0.25) is 10.3 Å². The molecule has 3 N–H and O–H groups in total. The zero-order valence-corrected chi connectivity index (χ0v) is 25.0. The SMILES string of the molecule is O=C(Cc1ccc(Oc2ccc(OC3CCC(NC(=O)c4cc(Cl)nc(Cl)c4)CC3)cc2)cc1)Nc1ccccc1C(=O)O. The third-order valence-corrected chi connectivity index (χ3v) is 7.50. The molecule has 1 aliphatic rings. The average molecular weight is 635 g/mol. The molecule has 2 amide bonds. The van der Waals surface area contributed by atoms with Gasteiger partial charge in [-0.15, -0.1) is 0 Å². The number of hydrogen-bond acceptors (Lipinski definition) is 6. The van der Waals surface area contributed by atoms with E-state index in [-0.39, 0.29) is 51.9 Å². The van der Waals surface area contributed by atoms with Crippen molar-refractivity contribution < 1.29 is 29.0 Å². The lowest BCUT2D eigenvalue weighted by atomic mass is 9.92. The molecule has 0 unspecified atom stereocenters. The number of carbonyl (C=O) groups excluding carboxylic acids is 2. The Morgan fingerprint density at radius 2 is 1.41 bits per heavy atom. The van der Waals surface area contributed by atoms with E-state index >= 15 is 0 Å². The van der Waals surface area contributed by atoms with Crippen LogP contribution in [-0.4, -0.2) is 40.0 Å². The Balaban J connectivity index is 1.06. The summed E-state index contributed by atoms with van der Waals surface area (Å²) in [5.41, 5.74) is 1.43. The van der Waals surface area contributed by atoms with E-state index in [1.165, 1.54) is 18.2 Å². The zero-order valence-electron chi connectivity index (χ0n) is 23.5. The first-order valence-electron chi connectivity index (χ1n) is 14.0. The normalized spacial score (nSPS) is 16.0. The highest BCUT2D eigenvalue weighted by atomic mass is 35.5. The Labute approximate surface area is 264 Å². The fraction of sp³-hybridized carbons (Fsp3) is 0.212. The Kier molecular flexibility index (Phi) is 9.99. The zero-order chi connectivity index (χ0) is 31.1. The summed E-state index contributed by atoms with van der Waals surface area (Å²) in [6, 6.07) is 23.8. The predicted molar refractivity (Wildman–Crippen MR) is 167 cm³/mol. The van der Waals surface area contributed by atoms with Crippen LogP contribution in [0.15, 0.2) is 84.9 Å². The molecule has 0 aliphatic heterocycles. The summed E-state index contributed by atoms with van der Waals surface area (Å²) < 4.78 is 12.1. The molecule has 1 aromatic heterocycles. The third kappa shape index (κ3) is 8.49. The molecule has 1 aliphatic carbocycles. The third-order valence-electron chi connectivity index (χ3n) is 7.12. The Morgan fingerprint density at radius 1 is 0.818 bits per heavy atom. The second-order valence-corrected chi connectivity index (χ2v) is 11.1. The largest absolute Gasteiger partial charge is 0.490 e. The van der Waals surface area contributed by atoms with Crippen molar-refractivity contribution in [2.45, 2.75) is 44.2 Å². The lowest BCUT2D eigenvalue weighted by Crippen LogP contribution is -2.39. The van der Waals surface area contributed by atoms with Gasteiger partial charge < -0.3 is 25.2 Å². The number of amides is 2. The average Bonchev–Trinajstić information content (AvgIpc) is 3.00. The first-order chi connectivity index (χ1) is 21.2. The molecule has 0 bridgehead atoms. The molecular weight excluding hydrogens is 605 g/mol. The van der Waals surface area contributed by atoms with E-state index in [1.54, 1.807) is 42.5 Å². The van der Waals surface area contributed by atoms with Gasteiger partial charge in [0.2, 0.25) is 5.91 Å². The van der Waals surface area contributed by atoms with Gasteiger partial charge in [-0.2, -0.15) is 0 Å². The van der Waals surface area contributed by atoms with Crippen LogP contribution < -0.4 is 20.1 Å². The van der Waals surface area contributed by atoms with Crippen molar-refractivity contribution >= 4 is 46.7 Å². The van der Waals surface area contributed by atoms with Gasteiger partial charge in [-0.25, -0.2) is 9.78 Å². The monoisotopic (exact) mass is 633 g/mol. The molecule has 3 aromatic carbocycles. The van der Waals surface area contributed by atoms with E-state index in [0.717, 1.165) is 37.0 Å². The molecule has 0 spiro atoms. The van der Waals surface area contributed by atoms with E-state index in [2.05, 4.69) is 15.6 Å². The first kappa shape index (κ1) is 30.8. The summed E-state index contributed by atoms with van der Waals surface area (Å²) in [5.74, 6) is 0.327. The molecule has 0 saturated heterocycles. The fourth-order valence-electron chi connectivity index (χ4n) is 4.94. The van der Waals surface area contributed by atoms with Crippen LogP contribution in [0, 0.1) is 0 Å². The fourth-order valence-corrected chi connectivity index (χ4v) is 5.40. The number of anilines is 1. The van der Waals surface area contributed by atoms with E-state index in [4.69, 9.17) is 32.7 Å². The quantitative estimate of drug-likeness (QED) is 0.158. The number of nitrogens with one attached hydrogen (secondary N) is 2. The van der Waals surface area contributed by atoms with Gasteiger partial charge in [-0.3, -0.25) is 9.59 Å². The lowest BCUT2D eigenvalue weighted by molar-refractivity contribution is -0.115. The van der Waals surface area contributed by atoms with Crippen molar-refractivity contribution in [3.05, 3.63) is 112 Å². The van der Waals surface area contributed by atoms with Crippen LogP contribution >= 0.6 is 23.2 Å². The van der Waals surface area contributed by atoms with E-state index in [0.29, 0.717) is 17.1 Å². The number of rotatable bonds is 10. The molecule has 1 heterocycles. The molecular formula is C33H29Cl2N3O6. The van der Waals surface area contributed by atoms with Gasteiger partial charge in [0.1, 0.15) is 27.6 Å². The number of aromatic nitrogens is 1. The maximum absolute atomic E-state index is 12.6. The molecule has 9 nitrogen and oxygen atoms in total. The molecule has 44 heavy (non-hydrogen) atoms. The van der Waals surface area contributed by atoms with Crippen LogP contribution in [0.5, 0.6) is 17.2 Å². The summed E-state index contributed by atoms with van der Waals surface area (Å²) in [7, 11) is 0. The number of benzene rings is 3. The van der Waals surface area contributed by atoms with Crippen molar-refractivity contribution in [3.8, 4) is 17.2 Å². The lowest BCUT2D eigenvalue weighted by Gasteiger charge is -2.29. The molecule has 1 saturated carbocycles. The summed E-state index contributed by atoms with van der Waals surface area (Å²) in [6.07, 6.45) is 3.31. The summed E-state index contributed by atoms with van der Waals surface area (Å²) in [5, 5.41) is 15.3. The van der Waals surface area contributed by atoms with Gasteiger partial charge in [0, 0.05) is 11.6 Å². The Morgan fingerprint density at radius 3 is 2.05 bits per heavy atom. The summed E-state index contributed by atoms with van der Waals surface area (Å²) in [6.45, 7) is 0. The van der Waals surface area contributed by atoms with Gasteiger partial charge >= 0.3 is 5.97 Å². The number of nitrogens with zero attached hydrogens (tertiary/aromatic N) is 1. The molecule has 0 atom stereocenters. The van der Waals surface area contributed by atoms with Crippen LogP contribution in [0.25, 0.3) is 0 Å². The van der Waals surface area contributed by atoms with Gasteiger partial charge in [0.25, 0.3) is 5.91 Å². The number of ether oxygens (including phenoxy) is 2. The first-order valence-corrected chi connectivity index (χ1v) is 14.8. The van der Waals surface area contributed by atoms with Crippen molar-refractivity contribution in [2.24, 2.45) is 0 Å². The minimum atomic E-state index is -1.10. The number of carboxylic acid groups (broad SMARTS) is 1. The van der Waals surface area contributed by atoms with Gasteiger partial charge in [-0.1, -0.05) is 47.5 Å². The molecule has 5 rings (SSSR count). The van der Waals surface area contributed by atoms with Crippen molar-refractivity contribution in [3.63, 3.8) is 0 Å². The number of halogens is 2. The van der Waals surface area contributed by atoms with E-state index in [9.17, 15) is 19.5 Å². The topological polar surface area (TPSA) is 127 Å². The summed E-state index contributed by atoms with van der Waals surface area (Å²) in [4.78, 5) is 40.3. The van der Waals surface area contributed by atoms with Crippen molar-refractivity contribution in [1.82, 2.24) is 10.3 Å². The smallest absolute Gasteiger partial charge is 0.337 e. The van der Waals surface area contributed by atoms with Crippen LogP contribution in [0.4, 0.5) is 5.69 Å². The Hall–Kier alpha value is -4.60. The van der Waals surface area contributed by atoms with Crippen LogP contribution in [0.1, 0.15) is 52.0 Å². The summed E-state index contributed by atoms with van der Waals surface area (Å²) >= 11 is 11.8. The van der Waals surface area contributed by atoms with Gasteiger partial charge in [0.05, 0.1) is 23.8 Å². The predicted octanol–water partition coefficient (Wildman–Crippen LogP) is 7.18. The van der Waals surface area contributed by atoms with Crippen LogP contribution in [0.3, 0.4) is 0 Å². The number of para-hydroxylation sites is 1. The Bertz CT molecular complexity index is 1620. The number of aromatic carboxylic acids is 1. The maximum Gasteiger partial charge on any atom is 0.337 e. The highest BCUT2D eigenvalue weighted by Gasteiger charge is 2.24. The van der Waals surface area contributed by atoms with Crippen LogP contribution in [-0.2, 0) is 11.2 Å². The second-order valence-electron chi connectivity index (χ2n) is 10.4. The minimum Gasteiger partial charge on any atom is -0.490 e. The highest BCUT2D eigenvalue weighted by molar-refractivity contribution is 6.33. The van der Waals surface area contributed by atoms with Crippen molar-refractivity contribution in [1.29, 1.82) is 0 Å². The van der Waals surface area contributed by atoms with E-state index in [1.807, 2.05) is 24.3 Å². The number of carboxylic acids is 1. The standard InChI is InChI=1S/C33H29Cl2N3O6/c34-29-18-21(19-30(35)38-29)32(40)36-22-7-11-24(12-8-22)44-26-15-13-25(14-16-26)43-23-9-5-20(6-10-23)17-31(39)37-28-4-2-1-3-27(28)33(41)42/h1-6,9-10,13-16,18-19,22,24H,7-8,11-12,17H2,(H,36,40)(H,37,39)(H,41,42). The number of carbonyl (C=O) groups is 3. The molecule has 4 aromatic rings. The maximum atomic E-state index is 12.6. The number of hydrogen-bond donors (Lipinski definition) is 3. The van der Waals surface area contributed by atoms with E-state index < -0.39 is 5.97 Å². The molecule has 1 fully saturated rings. The molecule has 11 heteroatoms.